The number of halogens is 2. The van der Waals surface area contributed by atoms with Gasteiger partial charge in [-0.15, -0.1) is 0 Å². The van der Waals surface area contributed by atoms with Crippen molar-refractivity contribution in [1.29, 1.82) is 0 Å². The van der Waals surface area contributed by atoms with Crippen molar-refractivity contribution in [3.05, 3.63) is 119 Å². The molecule has 1 heterocycles. The zero-order valence-electron chi connectivity index (χ0n) is 24.7. The molecule has 0 radical (unpaired) electrons. The molecule has 3 N–H and O–H groups in total. The standard InChI is InChI=1S/C34H33ClFN5O4/c1-45-27-14-11-25(12-15-27)39-34(44)41-18-4-17-40(19-20-41)31-16-13-26(38-33(43)28-5-2-3-6-30(28)35)21-29(31)32(42)37-22-23-7-9-24(36)10-8-23/h2-3,5-16,21H,4,17-20,22H2,1H3,(H,37,42)(H,38,43)(H,39,44). The van der Waals surface area contributed by atoms with Gasteiger partial charge in [-0.05, 0) is 78.7 Å². The average Bonchev–Trinajstić information content (AvgIpc) is 3.31. The van der Waals surface area contributed by atoms with Crippen LogP contribution in [-0.4, -0.2) is 56.0 Å². The molecule has 4 amide bonds. The fourth-order valence-electron chi connectivity index (χ4n) is 5.03. The predicted octanol–water partition coefficient (Wildman–Crippen LogP) is 6.41. The van der Waals surface area contributed by atoms with E-state index in [-0.39, 0.29) is 24.3 Å². The summed E-state index contributed by atoms with van der Waals surface area (Å²) in [6, 6.07) is 24.7. The number of nitrogens with one attached hydrogen (secondary N) is 3. The third-order valence-electron chi connectivity index (χ3n) is 7.45. The number of benzene rings is 4. The van der Waals surface area contributed by atoms with Gasteiger partial charge in [0.2, 0.25) is 0 Å². The van der Waals surface area contributed by atoms with Gasteiger partial charge in [0.05, 0.1) is 23.3 Å². The van der Waals surface area contributed by atoms with Crippen molar-refractivity contribution in [3.8, 4) is 5.75 Å². The maximum absolute atomic E-state index is 13.6. The van der Waals surface area contributed by atoms with Gasteiger partial charge in [0.15, 0.2) is 0 Å². The first-order valence-electron chi connectivity index (χ1n) is 14.5. The van der Waals surface area contributed by atoms with Crippen LogP contribution in [0.2, 0.25) is 5.02 Å². The topological polar surface area (TPSA) is 103 Å². The van der Waals surface area contributed by atoms with Crippen molar-refractivity contribution in [3.63, 3.8) is 0 Å². The molecule has 0 unspecified atom stereocenters. The van der Waals surface area contributed by atoms with Crippen molar-refractivity contribution >= 4 is 46.5 Å². The van der Waals surface area contributed by atoms with E-state index in [2.05, 4.69) is 20.9 Å². The first-order chi connectivity index (χ1) is 21.8. The molecule has 4 aromatic rings. The summed E-state index contributed by atoms with van der Waals surface area (Å²) in [5, 5.41) is 8.99. The molecular weight excluding hydrogens is 597 g/mol. The second-order valence-corrected chi connectivity index (χ2v) is 10.9. The molecule has 4 aromatic carbocycles. The van der Waals surface area contributed by atoms with Gasteiger partial charge >= 0.3 is 6.03 Å². The monoisotopic (exact) mass is 629 g/mol. The molecule has 1 aliphatic rings. The van der Waals surface area contributed by atoms with Gasteiger partial charge in [0, 0.05) is 49.8 Å². The van der Waals surface area contributed by atoms with Gasteiger partial charge < -0.3 is 30.5 Å². The molecule has 0 aliphatic carbocycles. The van der Waals surface area contributed by atoms with Crippen molar-refractivity contribution < 1.29 is 23.5 Å². The Morgan fingerprint density at radius 2 is 1.53 bits per heavy atom. The van der Waals surface area contributed by atoms with E-state index in [4.69, 9.17) is 16.3 Å². The summed E-state index contributed by atoms with van der Waals surface area (Å²) in [4.78, 5) is 43.4. The van der Waals surface area contributed by atoms with E-state index in [1.807, 2.05) is 0 Å². The fraction of sp³-hybridized carbons (Fsp3) is 0.206. The maximum Gasteiger partial charge on any atom is 0.321 e. The molecule has 45 heavy (non-hydrogen) atoms. The Morgan fingerprint density at radius 3 is 2.27 bits per heavy atom. The lowest BCUT2D eigenvalue weighted by Crippen LogP contribution is -2.38. The highest BCUT2D eigenvalue weighted by Gasteiger charge is 2.23. The van der Waals surface area contributed by atoms with E-state index >= 15 is 0 Å². The predicted molar refractivity (Wildman–Crippen MR) is 174 cm³/mol. The lowest BCUT2D eigenvalue weighted by Gasteiger charge is -2.26. The Kier molecular flexibility index (Phi) is 10.2. The molecular formula is C34H33ClFN5O4. The van der Waals surface area contributed by atoms with Crippen LogP contribution in [0.15, 0.2) is 91.0 Å². The van der Waals surface area contributed by atoms with E-state index in [9.17, 15) is 18.8 Å². The minimum atomic E-state index is -0.403. The van der Waals surface area contributed by atoms with Crippen LogP contribution in [0.25, 0.3) is 0 Å². The largest absolute Gasteiger partial charge is 0.497 e. The Labute approximate surface area is 265 Å². The van der Waals surface area contributed by atoms with Crippen LogP contribution in [0.5, 0.6) is 5.75 Å². The highest BCUT2D eigenvalue weighted by molar-refractivity contribution is 6.34. The summed E-state index contributed by atoms with van der Waals surface area (Å²) in [6.07, 6.45) is 0.678. The molecule has 0 spiro atoms. The van der Waals surface area contributed by atoms with Gasteiger partial charge in [-0.2, -0.15) is 0 Å². The van der Waals surface area contributed by atoms with Crippen molar-refractivity contribution in [2.45, 2.75) is 13.0 Å². The molecule has 0 saturated carbocycles. The number of rotatable bonds is 8. The van der Waals surface area contributed by atoms with Crippen LogP contribution in [0.4, 0.5) is 26.2 Å². The molecule has 11 heteroatoms. The van der Waals surface area contributed by atoms with Crippen molar-refractivity contribution in [2.24, 2.45) is 0 Å². The average molecular weight is 630 g/mol. The number of amides is 4. The second-order valence-electron chi connectivity index (χ2n) is 10.5. The summed E-state index contributed by atoms with van der Waals surface area (Å²) in [5.41, 5.74) is 3.15. The number of hydrogen-bond donors (Lipinski definition) is 3. The SMILES string of the molecule is COc1ccc(NC(=O)N2CCCN(c3ccc(NC(=O)c4ccccc4Cl)cc3C(=O)NCc3ccc(F)cc3)CC2)cc1. The molecule has 1 saturated heterocycles. The number of carbonyl (C=O) groups excluding carboxylic acids is 3. The molecule has 0 atom stereocenters. The maximum atomic E-state index is 13.6. The Hall–Kier alpha value is -5.09. The van der Waals surface area contributed by atoms with Gasteiger partial charge in [-0.3, -0.25) is 9.59 Å². The van der Waals surface area contributed by atoms with Crippen LogP contribution < -0.4 is 25.6 Å². The van der Waals surface area contributed by atoms with Crippen LogP contribution in [0.1, 0.15) is 32.7 Å². The van der Waals surface area contributed by atoms with Crippen LogP contribution in [0, 0.1) is 5.82 Å². The molecule has 0 bridgehead atoms. The second kappa shape index (κ2) is 14.6. The fourth-order valence-corrected chi connectivity index (χ4v) is 5.25. The van der Waals surface area contributed by atoms with Crippen LogP contribution in [-0.2, 0) is 6.54 Å². The minimum Gasteiger partial charge on any atom is -0.497 e. The Morgan fingerprint density at radius 1 is 0.800 bits per heavy atom. The third kappa shape index (κ3) is 8.10. The normalized spacial score (nSPS) is 13.0. The smallest absolute Gasteiger partial charge is 0.321 e. The highest BCUT2D eigenvalue weighted by atomic mass is 35.5. The van der Waals surface area contributed by atoms with E-state index < -0.39 is 5.91 Å². The molecule has 232 valence electrons. The quantitative estimate of drug-likeness (QED) is 0.209. The third-order valence-corrected chi connectivity index (χ3v) is 7.78. The summed E-state index contributed by atoms with van der Waals surface area (Å²) < 4.78 is 18.6. The Bertz CT molecular complexity index is 1670. The first-order valence-corrected chi connectivity index (χ1v) is 14.9. The number of methoxy groups -OCH3 is 1. The Balaban J connectivity index is 1.33. The van der Waals surface area contributed by atoms with Crippen LogP contribution in [0.3, 0.4) is 0 Å². The number of nitrogens with zero attached hydrogens (tertiary/aromatic N) is 2. The van der Waals surface area contributed by atoms with Gasteiger partial charge in [0.1, 0.15) is 11.6 Å². The number of urea groups is 1. The van der Waals surface area contributed by atoms with Crippen molar-refractivity contribution in [2.75, 3.05) is 48.8 Å². The van der Waals surface area contributed by atoms with E-state index in [1.54, 1.807) is 90.9 Å². The summed E-state index contributed by atoms with van der Waals surface area (Å²) in [6.45, 7) is 2.25. The van der Waals surface area contributed by atoms with E-state index in [1.165, 1.54) is 12.1 Å². The molecule has 0 aromatic heterocycles. The molecule has 9 nitrogen and oxygen atoms in total. The lowest BCUT2D eigenvalue weighted by molar-refractivity contribution is 0.0950. The molecule has 5 rings (SSSR count). The molecule has 1 aliphatic heterocycles. The lowest BCUT2D eigenvalue weighted by atomic mass is 10.1. The van der Waals surface area contributed by atoms with Gasteiger partial charge in [-0.25, -0.2) is 9.18 Å². The van der Waals surface area contributed by atoms with Gasteiger partial charge in [0.25, 0.3) is 11.8 Å². The summed E-state index contributed by atoms with van der Waals surface area (Å²) in [5.74, 6) is -0.423. The summed E-state index contributed by atoms with van der Waals surface area (Å²) >= 11 is 6.22. The molecule has 1 fully saturated rings. The summed E-state index contributed by atoms with van der Waals surface area (Å²) in [7, 11) is 1.58. The number of hydrogen-bond acceptors (Lipinski definition) is 5. The highest BCUT2D eigenvalue weighted by Crippen LogP contribution is 2.27. The zero-order chi connectivity index (χ0) is 31.8. The van der Waals surface area contributed by atoms with Crippen molar-refractivity contribution in [1.82, 2.24) is 10.2 Å². The van der Waals surface area contributed by atoms with Crippen LogP contribution >= 0.6 is 11.6 Å². The number of carbonyl (C=O) groups is 3. The number of anilines is 3. The first kappa shape index (κ1) is 31.3. The van der Waals surface area contributed by atoms with Gasteiger partial charge in [-0.1, -0.05) is 35.9 Å². The zero-order valence-corrected chi connectivity index (χ0v) is 25.4. The minimum absolute atomic E-state index is 0.189. The van der Waals surface area contributed by atoms with E-state index in [0.717, 1.165) is 5.56 Å². The van der Waals surface area contributed by atoms with E-state index in [0.29, 0.717) is 71.6 Å². The number of ether oxygens (including phenoxy) is 1.